The smallest absolute Gasteiger partial charge is 0.163 e. The summed E-state index contributed by atoms with van der Waals surface area (Å²) in [5.41, 5.74) is 3.34. The van der Waals surface area contributed by atoms with Gasteiger partial charge in [-0.1, -0.05) is 12.1 Å². The average molecular weight is 256 g/mol. The minimum Gasteiger partial charge on any atom is -0.496 e. The lowest BCUT2D eigenvalue weighted by molar-refractivity contribution is 0.0994. The summed E-state index contributed by atoms with van der Waals surface area (Å²) in [7, 11) is 1.56. The molecule has 2 aromatic rings. The van der Waals surface area contributed by atoms with Crippen LogP contribution in [0.15, 0.2) is 36.4 Å². The highest BCUT2D eigenvalue weighted by Crippen LogP contribution is 2.36. The first-order chi connectivity index (χ1) is 9.19. The van der Waals surface area contributed by atoms with Crippen LogP contribution in [0.4, 0.5) is 4.39 Å². The molecule has 0 radical (unpaired) electrons. The topological polar surface area (TPSA) is 26.3 Å². The Bertz CT molecular complexity index is 662. The second-order valence-electron chi connectivity index (χ2n) is 4.64. The number of aryl methyl sites for hydroxylation is 1. The van der Waals surface area contributed by atoms with E-state index in [0.29, 0.717) is 12.2 Å². The second-order valence-corrected chi connectivity index (χ2v) is 4.64. The van der Waals surface area contributed by atoms with Gasteiger partial charge in [0.05, 0.1) is 7.11 Å². The molecule has 0 N–H and O–H groups in total. The van der Waals surface area contributed by atoms with Gasteiger partial charge in [-0.05, 0) is 41.8 Å². The van der Waals surface area contributed by atoms with E-state index in [1.54, 1.807) is 19.2 Å². The fraction of sp³-hybridized carbons (Fsp3) is 0.188. The minimum atomic E-state index is -0.281. The average Bonchev–Trinajstić information content (AvgIpc) is 2.78. The van der Waals surface area contributed by atoms with E-state index in [-0.39, 0.29) is 11.6 Å². The van der Waals surface area contributed by atoms with Crippen LogP contribution in [0.1, 0.15) is 22.3 Å². The number of ether oxygens (including phenoxy) is 1. The van der Waals surface area contributed by atoms with E-state index in [1.807, 2.05) is 12.1 Å². The van der Waals surface area contributed by atoms with E-state index in [4.69, 9.17) is 4.74 Å². The molecule has 0 fully saturated rings. The molecule has 0 amide bonds. The lowest BCUT2D eigenvalue weighted by Gasteiger charge is -2.11. The number of benzene rings is 2. The van der Waals surface area contributed by atoms with E-state index in [0.717, 1.165) is 28.7 Å². The Morgan fingerprint density at radius 2 is 1.95 bits per heavy atom. The van der Waals surface area contributed by atoms with Crippen molar-refractivity contribution in [1.82, 2.24) is 0 Å². The van der Waals surface area contributed by atoms with Gasteiger partial charge in [0.1, 0.15) is 11.6 Å². The Labute approximate surface area is 110 Å². The Morgan fingerprint density at radius 1 is 1.11 bits per heavy atom. The molecule has 0 saturated heterocycles. The number of ketones is 1. The van der Waals surface area contributed by atoms with Crippen molar-refractivity contribution in [3.05, 3.63) is 53.3 Å². The van der Waals surface area contributed by atoms with Gasteiger partial charge < -0.3 is 4.74 Å². The maximum atomic E-state index is 13.3. The quantitative estimate of drug-likeness (QED) is 0.820. The van der Waals surface area contributed by atoms with Crippen molar-refractivity contribution < 1.29 is 13.9 Å². The minimum absolute atomic E-state index is 0.152. The van der Waals surface area contributed by atoms with Crippen LogP contribution in [0, 0.1) is 5.82 Å². The van der Waals surface area contributed by atoms with Crippen LogP contribution in [0.2, 0.25) is 0 Å². The molecular weight excluding hydrogens is 243 g/mol. The zero-order valence-electron chi connectivity index (χ0n) is 10.6. The van der Waals surface area contributed by atoms with Gasteiger partial charge in [-0.3, -0.25) is 4.79 Å². The summed E-state index contributed by atoms with van der Waals surface area (Å²) in [5, 5.41) is 0. The molecule has 2 nitrogen and oxygen atoms in total. The molecule has 0 aliphatic heterocycles. The van der Waals surface area contributed by atoms with Crippen molar-refractivity contribution in [2.24, 2.45) is 0 Å². The van der Waals surface area contributed by atoms with E-state index < -0.39 is 0 Å². The number of hydrogen-bond donors (Lipinski definition) is 0. The third-order valence-corrected chi connectivity index (χ3v) is 3.48. The SMILES string of the molecule is COc1cc2c(cc1-c1cccc(F)c1)CCC2=O. The summed E-state index contributed by atoms with van der Waals surface area (Å²) in [6, 6.07) is 10.1. The zero-order chi connectivity index (χ0) is 13.4. The predicted octanol–water partition coefficient (Wildman–Crippen LogP) is 3.63. The molecule has 96 valence electrons. The predicted molar refractivity (Wildman–Crippen MR) is 71.0 cm³/mol. The number of methoxy groups -OCH3 is 1. The van der Waals surface area contributed by atoms with E-state index in [9.17, 15) is 9.18 Å². The van der Waals surface area contributed by atoms with Crippen LogP contribution in [-0.2, 0) is 6.42 Å². The molecule has 0 spiro atoms. The van der Waals surface area contributed by atoms with E-state index >= 15 is 0 Å². The van der Waals surface area contributed by atoms with Crippen molar-refractivity contribution >= 4 is 5.78 Å². The highest BCUT2D eigenvalue weighted by molar-refractivity contribution is 6.01. The number of halogens is 1. The maximum absolute atomic E-state index is 13.3. The summed E-state index contributed by atoms with van der Waals surface area (Å²) < 4.78 is 18.7. The number of fused-ring (bicyclic) bond motifs is 1. The van der Waals surface area contributed by atoms with Crippen molar-refractivity contribution in [3.63, 3.8) is 0 Å². The molecule has 2 aromatic carbocycles. The molecule has 19 heavy (non-hydrogen) atoms. The molecule has 0 bridgehead atoms. The van der Waals surface area contributed by atoms with Crippen molar-refractivity contribution in [3.8, 4) is 16.9 Å². The Hall–Kier alpha value is -2.16. The fourth-order valence-electron chi connectivity index (χ4n) is 2.52. The van der Waals surface area contributed by atoms with Gasteiger partial charge in [-0.2, -0.15) is 0 Å². The molecule has 3 rings (SSSR count). The fourth-order valence-corrected chi connectivity index (χ4v) is 2.52. The molecular formula is C16H13FO2. The second kappa shape index (κ2) is 4.50. The maximum Gasteiger partial charge on any atom is 0.163 e. The van der Waals surface area contributed by atoms with Gasteiger partial charge in [-0.25, -0.2) is 4.39 Å². The van der Waals surface area contributed by atoms with Crippen LogP contribution >= 0.6 is 0 Å². The normalized spacial score (nSPS) is 13.5. The number of rotatable bonds is 2. The van der Waals surface area contributed by atoms with Crippen LogP contribution in [-0.4, -0.2) is 12.9 Å². The monoisotopic (exact) mass is 256 g/mol. The first-order valence-electron chi connectivity index (χ1n) is 6.19. The van der Waals surface area contributed by atoms with Crippen LogP contribution in [0.25, 0.3) is 11.1 Å². The number of carbonyl (C=O) groups is 1. The number of carbonyl (C=O) groups excluding carboxylic acids is 1. The first kappa shape index (κ1) is 11.9. The third kappa shape index (κ3) is 2.01. The van der Waals surface area contributed by atoms with Gasteiger partial charge >= 0.3 is 0 Å². The van der Waals surface area contributed by atoms with Crippen molar-refractivity contribution in [1.29, 1.82) is 0 Å². The highest BCUT2D eigenvalue weighted by Gasteiger charge is 2.22. The van der Waals surface area contributed by atoms with Gasteiger partial charge in [0.2, 0.25) is 0 Å². The van der Waals surface area contributed by atoms with Gasteiger partial charge in [0.15, 0.2) is 5.78 Å². The Balaban J connectivity index is 2.19. The number of hydrogen-bond acceptors (Lipinski definition) is 2. The highest BCUT2D eigenvalue weighted by atomic mass is 19.1. The van der Waals surface area contributed by atoms with Crippen LogP contribution in [0.5, 0.6) is 5.75 Å². The first-order valence-corrected chi connectivity index (χ1v) is 6.19. The summed E-state index contributed by atoms with van der Waals surface area (Å²) in [5.74, 6) is 0.481. The lowest BCUT2D eigenvalue weighted by atomic mass is 9.99. The lowest BCUT2D eigenvalue weighted by Crippen LogP contribution is -1.95. The molecule has 0 saturated carbocycles. The van der Waals surface area contributed by atoms with Gasteiger partial charge in [-0.15, -0.1) is 0 Å². The summed E-state index contributed by atoms with van der Waals surface area (Å²) in [6.45, 7) is 0. The molecule has 0 unspecified atom stereocenters. The van der Waals surface area contributed by atoms with E-state index in [1.165, 1.54) is 12.1 Å². The molecule has 1 aliphatic carbocycles. The Morgan fingerprint density at radius 3 is 2.68 bits per heavy atom. The number of Topliss-reactive ketones (excluding diaryl/α,β-unsaturated/α-hetero) is 1. The molecule has 0 heterocycles. The summed E-state index contributed by atoms with van der Waals surface area (Å²) in [6.07, 6.45) is 1.30. The zero-order valence-corrected chi connectivity index (χ0v) is 10.6. The van der Waals surface area contributed by atoms with Gasteiger partial charge in [0, 0.05) is 17.5 Å². The standard InChI is InChI=1S/C16H13FO2/c1-19-16-9-13-11(5-6-15(13)18)8-14(16)10-3-2-4-12(17)7-10/h2-4,7-9H,5-6H2,1H3. The van der Waals surface area contributed by atoms with Crippen LogP contribution < -0.4 is 4.74 Å². The summed E-state index contributed by atoms with van der Waals surface area (Å²) in [4.78, 5) is 11.7. The van der Waals surface area contributed by atoms with E-state index in [2.05, 4.69) is 0 Å². The molecule has 1 aliphatic rings. The van der Waals surface area contributed by atoms with Crippen molar-refractivity contribution in [2.45, 2.75) is 12.8 Å². The molecule has 3 heteroatoms. The van der Waals surface area contributed by atoms with Gasteiger partial charge in [0.25, 0.3) is 0 Å². The third-order valence-electron chi connectivity index (χ3n) is 3.48. The molecule has 0 aromatic heterocycles. The van der Waals surface area contributed by atoms with Crippen molar-refractivity contribution in [2.75, 3.05) is 7.11 Å². The van der Waals surface area contributed by atoms with Crippen LogP contribution in [0.3, 0.4) is 0 Å². The largest absolute Gasteiger partial charge is 0.496 e. The Kier molecular flexibility index (Phi) is 2.82. The molecule has 0 atom stereocenters. The summed E-state index contributed by atoms with van der Waals surface area (Å²) >= 11 is 0.